The highest BCUT2D eigenvalue weighted by Gasteiger charge is 2.35. The van der Waals surface area contributed by atoms with Crippen LogP contribution in [0, 0.1) is 0 Å². The SMILES string of the molecule is Cn1c(C(F)(F)F)cc(=O)n(-c2ccc3nsc(C4OCC(CS(C)(=O)=O)O4)c3c2)c1=O. The van der Waals surface area contributed by atoms with E-state index in [4.69, 9.17) is 9.47 Å². The van der Waals surface area contributed by atoms with Gasteiger partial charge in [-0.05, 0) is 29.7 Å². The fraction of sp³-hybridized carbons (Fsp3) is 0.389. The lowest BCUT2D eigenvalue weighted by Gasteiger charge is -2.14. The normalized spacial score (nSPS) is 19.7. The molecule has 2 aromatic heterocycles. The quantitative estimate of drug-likeness (QED) is 0.546. The predicted molar refractivity (Wildman–Crippen MR) is 109 cm³/mol. The van der Waals surface area contributed by atoms with E-state index < -0.39 is 45.4 Å². The van der Waals surface area contributed by atoms with E-state index in [0.29, 0.717) is 31.0 Å². The molecule has 0 radical (unpaired) electrons. The monoisotopic (exact) mass is 491 g/mol. The Bertz CT molecular complexity index is 1420. The zero-order valence-electron chi connectivity index (χ0n) is 16.6. The summed E-state index contributed by atoms with van der Waals surface area (Å²) in [5.74, 6) is -0.220. The molecule has 0 bridgehead atoms. The molecule has 1 fully saturated rings. The van der Waals surface area contributed by atoms with Crippen LogP contribution in [0.3, 0.4) is 0 Å². The molecule has 0 spiro atoms. The average Bonchev–Trinajstić information content (AvgIpc) is 3.28. The summed E-state index contributed by atoms with van der Waals surface area (Å²) in [7, 11) is -2.36. The molecular formula is C18H16F3N3O6S2. The summed E-state index contributed by atoms with van der Waals surface area (Å²) in [5.41, 5.74) is -3.11. The number of alkyl halides is 3. The van der Waals surface area contributed by atoms with Gasteiger partial charge >= 0.3 is 11.9 Å². The standard InChI is InChI=1S/C18H16F3N3O6S2/c1-23-13(18(19,20)21)6-14(25)24(17(23)26)9-3-4-12-11(5-9)15(31-22-12)16-29-7-10(30-16)8-32(2,27)28/h3-6,10,16H,7-8H2,1-2H3. The number of ether oxygens (including phenoxy) is 2. The Morgan fingerprint density at radius 2 is 1.97 bits per heavy atom. The van der Waals surface area contributed by atoms with Gasteiger partial charge in [0.1, 0.15) is 15.5 Å². The van der Waals surface area contributed by atoms with Gasteiger partial charge in [0.05, 0.1) is 34.5 Å². The minimum atomic E-state index is -4.86. The molecule has 0 amide bonds. The molecule has 0 N–H and O–H groups in total. The van der Waals surface area contributed by atoms with Gasteiger partial charge in [0, 0.05) is 24.8 Å². The Morgan fingerprint density at radius 3 is 2.62 bits per heavy atom. The molecule has 1 aliphatic rings. The smallest absolute Gasteiger partial charge is 0.345 e. The topological polar surface area (TPSA) is 109 Å². The largest absolute Gasteiger partial charge is 0.431 e. The van der Waals surface area contributed by atoms with Gasteiger partial charge in [-0.1, -0.05) is 0 Å². The first-order chi connectivity index (χ1) is 14.8. The zero-order valence-corrected chi connectivity index (χ0v) is 18.3. The minimum absolute atomic E-state index is 0.0453. The molecule has 4 rings (SSSR count). The van der Waals surface area contributed by atoms with Crippen LogP contribution in [-0.4, -0.2) is 46.6 Å². The van der Waals surface area contributed by atoms with E-state index in [0.717, 1.165) is 24.8 Å². The summed E-state index contributed by atoms with van der Waals surface area (Å²) in [6, 6.07) is 4.69. The Labute approximate surface area is 182 Å². The summed E-state index contributed by atoms with van der Waals surface area (Å²) >= 11 is 1.03. The Hall–Kier alpha value is -2.55. The molecule has 9 nitrogen and oxygen atoms in total. The number of benzene rings is 1. The van der Waals surface area contributed by atoms with Gasteiger partial charge < -0.3 is 9.47 Å². The highest BCUT2D eigenvalue weighted by atomic mass is 32.2. The second kappa shape index (κ2) is 7.79. The Balaban J connectivity index is 1.76. The van der Waals surface area contributed by atoms with Crippen molar-refractivity contribution in [3.8, 4) is 5.69 Å². The van der Waals surface area contributed by atoms with Crippen molar-refractivity contribution in [1.29, 1.82) is 0 Å². The summed E-state index contributed by atoms with van der Waals surface area (Å²) in [6.07, 6.45) is -5.35. The van der Waals surface area contributed by atoms with Crippen LogP contribution in [0.5, 0.6) is 0 Å². The van der Waals surface area contributed by atoms with Gasteiger partial charge in [0.15, 0.2) is 6.29 Å². The molecule has 0 saturated carbocycles. The molecule has 1 aliphatic heterocycles. The number of aromatic nitrogens is 3. The summed E-state index contributed by atoms with van der Waals surface area (Å²) in [6.45, 7) is 0.0513. The van der Waals surface area contributed by atoms with Crippen LogP contribution in [0.2, 0.25) is 0 Å². The first-order valence-corrected chi connectivity index (χ1v) is 11.9. The molecule has 2 atom stereocenters. The predicted octanol–water partition coefficient (Wildman–Crippen LogP) is 1.62. The van der Waals surface area contributed by atoms with Gasteiger partial charge in [-0.2, -0.15) is 17.5 Å². The maximum Gasteiger partial charge on any atom is 0.431 e. The van der Waals surface area contributed by atoms with Crippen LogP contribution in [-0.2, 0) is 32.5 Å². The number of sulfone groups is 1. The van der Waals surface area contributed by atoms with Gasteiger partial charge in [-0.25, -0.2) is 17.8 Å². The van der Waals surface area contributed by atoms with Crippen molar-refractivity contribution in [2.24, 2.45) is 7.05 Å². The van der Waals surface area contributed by atoms with E-state index in [2.05, 4.69) is 4.37 Å². The molecule has 1 saturated heterocycles. The van der Waals surface area contributed by atoms with Gasteiger partial charge in [0.2, 0.25) is 0 Å². The highest BCUT2D eigenvalue weighted by Crippen LogP contribution is 2.36. The second-order valence-corrected chi connectivity index (χ2v) is 10.3. The van der Waals surface area contributed by atoms with E-state index >= 15 is 0 Å². The van der Waals surface area contributed by atoms with Crippen LogP contribution < -0.4 is 11.2 Å². The summed E-state index contributed by atoms with van der Waals surface area (Å²) in [4.78, 5) is 25.4. The summed E-state index contributed by atoms with van der Waals surface area (Å²) in [5, 5.41) is 0.464. The van der Waals surface area contributed by atoms with E-state index in [1.165, 1.54) is 18.2 Å². The van der Waals surface area contributed by atoms with Crippen LogP contribution in [0.4, 0.5) is 13.2 Å². The third-order valence-electron chi connectivity index (χ3n) is 4.81. The molecule has 2 unspecified atom stereocenters. The molecule has 1 aromatic carbocycles. The lowest BCUT2D eigenvalue weighted by Crippen LogP contribution is -2.40. The lowest BCUT2D eigenvalue weighted by atomic mass is 10.2. The number of nitrogens with zero attached hydrogens (tertiary/aromatic N) is 3. The molecule has 32 heavy (non-hydrogen) atoms. The van der Waals surface area contributed by atoms with Crippen molar-refractivity contribution in [1.82, 2.24) is 13.5 Å². The van der Waals surface area contributed by atoms with Crippen molar-refractivity contribution in [2.75, 3.05) is 18.6 Å². The third kappa shape index (κ3) is 4.22. The van der Waals surface area contributed by atoms with Crippen LogP contribution in [0.15, 0.2) is 33.9 Å². The second-order valence-electron chi connectivity index (χ2n) is 7.31. The van der Waals surface area contributed by atoms with Gasteiger partial charge in [0.25, 0.3) is 5.56 Å². The zero-order chi connectivity index (χ0) is 23.4. The molecule has 3 aromatic rings. The van der Waals surface area contributed by atoms with Crippen molar-refractivity contribution in [2.45, 2.75) is 18.6 Å². The Morgan fingerprint density at radius 1 is 1.25 bits per heavy atom. The Kier molecular flexibility index (Phi) is 5.51. The van der Waals surface area contributed by atoms with E-state index in [1.807, 2.05) is 0 Å². The minimum Gasteiger partial charge on any atom is -0.345 e. The van der Waals surface area contributed by atoms with Crippen molar-refractivity contribution < 1.29 is 31.1 Å². The van der Waals surface area contributed by atoms with E-state index in [1.54, 1.807) is 0 Å². The molecular weight excluding hydrogens is 475 g/mol. The maximum atomic E-state index is 13.1. The average molecular weight is 491 g/mol. The van der Waals surface area contributed by atoms with Gasteiger partial charge in [-0.15, -0.1) is 0 Å². The number of halogens is 3. The van der Waals surface area contributed by atoms with E-state index in [-0.39, 0.29) is 18.0 Å². The molecule has 3 heterocycles. The first kappa shape index (κ1) is 22.6. The first-order valence-electron chi connectivity index (χ1n) is 9.10. The summed E-state index contributed by atoms with van der Waals surface area (Å²) < 4.78 is 78.7. The molecule has 0 aliphatic carbocycles. The maximum absolute atomic E-state index is 13.1. The third-order valence-corrected chi connectivity index (χ3v) is 6.68. The molecule has 172 valence electrons. The number of hydrogen-bond donors (Lipinski definition) is 0. The highest BCUT2D eigenvalue weighted by molar-refractivity contribution is 7.90. The lowest BCUT2D eigenvalue weighted by molar-refractivity contribution is -0.144. The van der Waals surface area contributed by atoms with Crippen molar-refractivity contribution >= 4 is 32.3 Å². The fourth-order valence-corrected chi connectivity index (χ4v) is 5.08. The van der Waals surface area contributed by atoms with Crippen LogP contribution >= 0.6 is 11.5 Å². The van der Waals surface area contributed by atoms with Crippen molar-refractivity contribution in [3.63, 3.8) is 0 Å². The van der Waals surface area contributed by atoms with Crippen LogP contribution in [0.1, 0.15) is 16.9 Å². The van der Waals surface area contributed by atoms with E-state index in [9.17, 15) is 31.2 Å². The number of rotatable bonds is 4. The number of fused-ring (bicyclic) bond motifs is 1. The van der Waals surface area contributed by atoms with Crippen molar-refractivity contribution in [3.05, 3.63) is 55.7 Å². The number of hydrogen-bond acceptors (Lipinski definition) is 8. The van der Waals surface area contributed by atoms with Gasteiger partial charge in [-0.3, -0.25) is 9.36 Å². The van der Waals surface area contributed by atoms with Crippen LogP contribution in [0.25, 0.3) is 16.6 Å². The molecule has 14 heteroatoms. The fourth-order valence-electron chi connectivity index (χ4n) is 3.40.